The molecule has 0 spiro atoms. The fraction of sp³-hybridized carbons (Fsp3) is 0.467. The van der Waals surface area contributed by atoms with Crippen LogP contribution < -0.4 is 5.32 Å². The van der Waals surface area contributed by atoms with Crippen molar-refractivity contribution in [1.82, 2.24) is 14.8 Å². The molecule has 3 nitrogen and oxygen atoms in total. The molecule has 0 amide bonds. The molecule has 1 aromatic heterocycles. The number of hydrogen-bond donors (Lipinski definition) is 1. The molecule has 1 aliphatic heterocycles. The topological polar surface area (TPSA) is 20.2 Å². The summed E-state index contributed by atoms with van der Waals surface area (Å²) in [7, 11) is 2.07. The first kappa shape index (κ1) is 13.0. The molecule has 1 saturated heterocycles. The van der Waals surface area contributed by atoms with Gasteiger partial charge in [-0.05, 0) is 18.6 Å². The van der Waals surface area contributed by atoms with Crippen molar-refractivity contribution in [3.05, 3.63) is 35.0 Å². The lowest BCUT2D eigenvalue weighted by Crippen LogP contribution is -2.44. The summed E-state index contributed by atoms with van der Waals surface area (Å²) in [5, 5.41) is 5.52. The Morgan fingerprint density at radius 3 is 2.74 bits per heavy atom. The third-order valence-electron chi connectivity index (χ3n) is 4.13. The molecule has 102 valence electrons. The molecule has 0 saturated carbocycles. The average molecular weight is 278 g/mol. The monoisotopic (exact) mass is 277 g/mol. The van der Waals surface area contributed by atoms with Crippen LogP contribution in [0.1, 0.15) is 18.5 Å². The molecule has 19 heavy (non-hydrogen) atoms. The van der Waals surface area contributed by atoms with Crippen LogP contribution in [-0.4, -0.2) is 35.6 Å². The van der Waals surface area contributed by atoms with E-state index in [0.717, 1.165) is 36.7 Å². The number of para-hydroxylation sites is 1. The molecule has 1 N–H and O–H groups in total. The van der Waals surface area contributed by atoms with Gasteiger partial charge in [0.05, 0.1) is 10.5 Å². The van der Waals surface area contributed by atoms with Crippen molar-refractivity contribution in [2.24, 2.45) is 7.05 Å². The van der Waals surface area contributed by atoms with E-state index in [0.29, 0.717) is 6.04 Å². The Kier molecular flexibility index (Phi) is 3.52. The van der Waals surface area contributed by atoms with E-state index >= 15 is 0 Å². The third-order valence-corrected chi connectivity index (χ3v) is 4.44. The largest absolute Gasteiger partial charge is 0.349 e. The summed E-state index contributed by atoms with van der Waals surface area (Å²) in [6, 6.07) is 6.61. The van der Waals surface area contributed by atoms with Crippen LogP contribution in [0.4, 0.5) is 0 Å². The van der Waals surface area contributed by atoms with E-state index in [1.165, 1.54) is 10.9 Å². The molecule has 4 heteroatoms. The van der Waals surface area contributed by atoms with E-state index in [9.17, 15) is 0 Å². The molecule has 0 aliphatic carbocycles. The van der Waals surface area contributed by atoms with E-state index in [4.69, 9.17) is 11.6 Å². The Morgan fingerprint density at radius 2 is 2.00 bits per heavy atom. The van der Waals surface area contributed by atoms with Crippen LogP contribution in [0.5, 0.6) is 0 Å². The Hall–Kier alpha value is -1.03. The van der Waals surface area contributed by atoms with Gasteiger partial charge in [-0.1, -0.05) is 23.7 Å². The predicted octanol–water partition coefficient (Wildman–Crippen LogP) is 2.80. The van der Waals surface area contributed by atoms with Crippen molar-refractivity contribution in [2.75, 3.05) is 26.2 Å². The van der Waals surface area contributed by atoms with Crippen molar-refractivity contribution in [1.29, 1.82) is 0 Å². The molecular weight excluding hydrogens is 258 g/mol. The zero-order valence-corrected chi connectivity index (χ0v) is 12.2. The van der Waals surface area contributed by atoms with Gasteiger partial charge in [0.1, 0.15) is 0 Å². The van der Waals surface area contributed by atoms with Gasteiger partial charge in [0.25, 0.3) is 0 Å². The van der Waals surface area contributed by atoms with E-state index in [1.807, 2.05) is 12.1 Å². The summed E-state index contributed by atoms with van der Waals surface area (Å²) in [5.74, 6) is 0. The second kappa shape index (κ2) is 5.16. The fourth-order valence-electron chi connectivity index (χ4n) is 3.05. The number of fused-ring (bicyclic) bond motifs is 1. The van der Waals surface area contributed by atoms with Crippen molar-refractivity contribution in [3.8, 4) is 0 Å². The van der Waals surface area contributed by atoms with Gasteiger partial charge >= 0.3 is 0 Å². The second-order valence-electron chi connectivity index (χ2n) is 5.29. The molecule has 1 aromatic carbocycles. The van der Waals surface area contributed by atoms with E-state index in [-0.39, 0.29) is 0 Å². The standard InChI is InChI=1S/C15H20ClN3/c1-11(19-8-6-17-7-9-19)13-10-18(2)15-12(13)4-3-5-14(15)16/h3-5,10-11,17H,6-9H2,1-2H3. The number of piperazine rings is 1. The minimum absolute atomic E-state index is 0.435. The lowest BCUT2D eigenvalue weighted by atomic mass is 10.1. The maximum Gasteiger partial charge on any atom is 0.0670 e. The van der Waals surface area contributed by atoms with Gasteiger partial charge < -0.3 is 9.88 Å². The maximum absolute atomic E-state index is 6.32. The number of aromatic nitrogens is 1. The van der Waals surface area contributed by atoms with Crippen LogP contribution in [0, 0.1) is 0 Å². The average Bonchev–Trinajstić information content (AvgIpc) is 2.78. The molecule has 2 aromatic rings. The molecule has 1 aliphatic rings. The van der Waals surface area contributed by atoms with Crippen molar-refractivity contribution >= 4 is 22.5 Å². The molecule has 3 rings (SSSR count). The van der Waals surface area contributed by atoms with Crippen LogP contribution in [0.15, 0.2) is 24.4 Å². The summed E-state index contributed by atoms with van der Waals surface area (Å²) >= 11 is 6.32. The van der Waals surface area contributed by atoms with Gasteiger partial charge in [-0.25, -0.2) is 0 Å². The lowest BCUT2D eigenvalue weighted by Gasteiger charge is -2.32. The highest BCUT2D eigenvalue weighted by atomic mass is 35.5. The SMILES string of the molecule is CC(c1cn(C)c2c(Cl)cccc12)N1CCNCC1. The third kappa shape index (κ3) is 2.27. The van der Waals surface area contributed by atoms with Crippen LogP contribution in [-0.2, 0) is 7.05 Å². The van der Waals surface area contributed by atoms with Crippen molar-refractivity contribution < 1.29 is 0 Å². The van der Waals surface area contributed by atoms with Crippen molar-refractivity contribution in [2.45, 2.75) is 13.0 Å². The predicted molar refractivity (Wildman–Crippen MR) is 80.8 cm³/mol. The minimum Gasteiger partial charge on any atom is -0.349 e. The van der Waals surface area contributed by atoms with Crippen molar-refractivity contribution in [3.63, 3.8) is 0 Å². The lowest BCUT2D eigenvalue weighted by molar-refractivity contribution is 0.186. The number of benzene rings is 1. The Bertz CT molecular complexity index is 584. The van der Waals surface area contributed by atoms with Gasteiger partial charge in [-0.2, -0.15) is 0 Å². The highest BCUT2D eigenvalue weighted by Crippen LogP contribution is 2.33. The first-order valence-electron chi connectivity index (χ1n) is 6.86. The summed E-state index contributed by atoms with van der Waals surface area (Å²) in [5.41, 5.74) is 2.52. The molecule has 2 heterocycles. The maximum atomic E-state index is 6.32. The summed E-state index contributed by atoms with van der Waals surface area (Å²) in [6.45, 7) is 6.67. The van der Waals surface area contributed by atoms with Gasteiger partial charge in [-0.3, -0.25) is 4.90 Å². The number of nitrogens with one attached hydrogen (secondary N) is 1. The highest BCUT2D eigenvalue weighted by molar-refractivity contribution is 6.35. The first-order valence-corrected chi connectivity index (χ1v) is 7.24. The minimum atomic E-state index is 0.435. The van der Waals surface area contributed by atoms with Gasteiger partial charge in [0.2, 0.25) is 0 Å². The molecule has 1 unspecified atom stereocenters. The Labute approximate surface area is 119 Å². The summed E-state index contributed by atoms with van der Waals surface area (Å²) in [4.78, 5) is 2.53. The van der Waals surface area contributed by atoms with E-state index < -0.39 is 0 Å². The zero-order chi connectivity index (χ0) is 13.4. The number of rotatable bonds is 2. The van der Waals surface area contributed by atoms with E-state index in [2.05, 4.69) is 41.0 Å². The van der Waals surface area contributed by atoms with Crippen LogP contribution in [0.25, 0.3) is 10.9 Å². The molecular formula is C15H20ClN3. The molecule has 1 fully saturated rings. The zero-order valence-electron chi connectivity index (χ0n) is 11.5. The smallest absolute Gasteiger partial charge is 0.0670 e. The Balaban J connectivity index is 2.02. The number of nitrogens with zero attached hydrogens (tertiary/aromatic N) is 2. The quantitative estimate of drug-likeness (QED) is 0.911. The number of halogens is 1. The van der Waals surface area contributed by atoms with Gasteiger partial charge in [0.15, 0.2) is 0 Å². The number of aryl methyl sites for hydroxylation is 1. The second-order valence-corrected chi connectivity index (χ2v) is 5.70. The fourth-order valence-corrected chi connectivity index (χ4v) is 3.36. The van der Waals surface area contributed by atoms with Gasteiger partial charge in [0, 0.05) is 50.9 Å². The highest BCUT2D eigenvalue weighted by Gasteiger charge is 2.21. The molecule has 0 radical (unpaired) electrons. The van der Waals surface area contributed by atoms with Crippen LogP contribution in [0.3, 0.4) is 0 Å². The van der Waals surface area contributed by atoms with Crippen LogP contribution >= 0.6 is 11.6 Å². The summed E-state index contributed by atoms with van der Waals surface area (Å²) < 4.78 is 2.14. The normalized spacial score (nSPS) is 18.9. The number of hydrogen-bond acceptors (Lipinski definition) is 2. The molecule has 1 atom stereocenters. The molecule has 0 bridgehead atoms. The Morgan fingerprint density at radius 1 is 1.26 bits per heavy atom. The summed E-state index contributed by atoms with van der Waals surface area (Å²) in [6.07, 6.45) is 2.23. The van der Waals surface area contributed by atoms with Gasteiger partial charge in [-0.15, -0.1) is 0 Å². The van der Waals surface area contributed by atoms with Crippen LogP contribution in [0.2, 0.25) is 5.02 Å². The van der Waals surface area contributed by atoms with E-state index in [1.54, 1.807) is 0 Å². The first-order chi connectivity index (χ1) is 9.18.